The Kier molecular flexibility index (Phi) is 5.85. The van der Waals surface area contributed by atoms with E-state index in [-0.39, 0.29) is 11.4 Å². The summed E-state index contributed by atoms with van der Waals surface area (Å²) in [6, 6.07) is 7.39. The van der Waals surface area contributed by atoms with Gasteiger partial charge in [0.1, 0.15) is 0 Å². The molecule has 0 unspecified atom stereocenters. The molecule has 0 aliphatic heterocycles. The third kappa shape index (κ3) is 5.06. The number of nitro benzene ring substituents is 1. The van der Waals surface area contributed by atoms with E-state index >= 15 is 0 Å². The lowest BCUT2D eigenvalue weighted by Gasteiger charge is -2.08. The number of thiophene rings is 1. The minimum Gasteiger partial charge on any atom is -0.477 e. The van der Waals surface area contributed by atoms with Crippen LogP contribution >= 0.6 is 11.3 Å². The van der Waals surface area contributed by atoms with Gasteiger partial charge in [-0.1, -0.05) is 12.1 Å². The lowest BCUT2D eigenvalue weighted by atomic mass is 10.2. The van der Waals surface area contributed by atoms with Crippen molar-refractivity contribution in [2.75, 3.05) is 6.61 Å². The van der Waals surface area contributed by atoms with E-state index in [1.165, 1.54) is 23.5 Å². The summed E-state index contributed by atoms with van der Waals surface area (Å²) >= 11 is 1.48. The molecule has 0 aliphatic rings. The van der Waals surface area contributed by atoms with Crippen molar-refractivity contribution in [2.45, 2.75) is 13.5 Å². The largest absolute Gasteiger partial charge is 0.477 e. The monoisotopic (exact) mass is 349 g/mol. The number of nitro groups is 1. The van der Waals surface area contributed by atoms with Crippen molar-refractivity contribution in [2.24, 2.45) is 0 Å². The van der Waals surface area contributed by atoms with Crippen LogP contribution in [0.25, 0.3) is 0 Å². The second-order valence-corrected chi connectivity index (χ2v) is 5.86. The summed E-state index contributed by atoms with van der Waals surface area (Å²) in [5.41, 5.74) is 0.514. The smallest absolute Gasteiger partial charge is 0.321 e. The first-order chi connectivity index (χ1) is 11.5. The van der Waals surface area contributed by atoms with Gasteiger partial charge in [0, 0.05) is 10.9 Å². The number of carbonyl (C=O) groups excluding carboxylic acids is 2. The number of nitrogens with zero attached hydrogens (tertiary/aromatic N) is 1. The lowest BCUT2D eigenvalue weighted by Crippen LogP contribution is -2.41. The molecule has 0 atom stereocenters. The maximum atomic E-state index is 11.7. The highest BCUT2D eigenvalue weighted by Crippen LogP contribution is 2.27. The van der Waals surface area contributed by atoms with Crippen LogP contribution in [0.15, 0.2) is 35.7 Å². The molecule has 9 heteroatoms. The zero-order valence-corrected chi connectivity index (χ0v) is 13.6. The summed E-state index contributed by atoms with van der Waals surface area (Å²) in [4.78, 5) is 34.5. The summed E-state index contributed by atoms with van der Waals surface area (Å²) in [6.45, 7) is 1.55. The van der Waals surface area contributed by atoms with Crippen molar-refractivity contribution in [1.29, 1.82) is 0 Å². The number of benzene rings is 1. The number of hydrogen-bond acceptors (Lipinski definition) is 6. The predicted molar refractivity (Wildman–Crippen MR) is 88.0 cm³/mol. The van der Waals surface area contributed by atoms with Crippen LogP contribution in [0.2, 0.25) is 0 Å². The molecule has 0 fully saturated rings. The Morgan fingerprint density at radius 1 is 1.33 bits per heavy atom. The van der Waals surface area contributed by atoms with Crippen molar-refractivity contribution in [1.82, 2.24) is 10.6 Å². The molecule has 2 rings (SSSR count). The Balaban J connectivity index is 1.83. The highest BCUT2D eigenvalue weighted by molar-refractivity contribution is 7.09. The van der Waals surface area contributed by atoms with Gasteiger partial charge in [-0.05, 0) is 30.0 Å². The first kappa shape index (κ1) is 17.4. The molecule has 1 heterocycles. The topological polar surface area (TPSA) is 111 Å². The van der Waals surface area contributed by atoms with Gasteiger partial charge in [-0.3, -0.25) is 20.2 Å². The number of hydrogen-bond donors (Lipinski definition) is 2. The van der Waals surface area contributed by atoms with E-state index in [0.29, 0.717) is 6.54 Å². The standard InChI is InChI=1S/C15H15N3O5S/c1-10-4-5-12(18(21)22)13(7-10)23-9-14(19)17-15(20)16-8-11-3-2-6-24-11/h2-7H,8-9H2,1H3,(H2,16,17,19,20). The highest BCUT2D eigenvalue weighted by Gasteiger charge is 2.16. The van der Waals surface area contributed by atoms with Gasteiger partial charge in [-0.2, -0.15) is 0 Å². The second-order valence-electron chi connectivity index (χ2n) is 4.83. The molecule has 0 bridgehead atoms. The van der Waals surface area contributed by atoms with Crippen LogP contribution in [-0.2, 0) is 11.3 Å². The first-order valence-electron chi connectivity index (χ1n) is 6.93. The molecule has 1 aromatic carbocycles. The van der Waals surface area contributed by atoms with Crippen molar-refractivity contribution < 1.29 is 19.2 Å². The van der Waals surface area contributed by atoms with Gasteiger partial charge in [-0.25, -0.2) is 4.79 Å². The van der Waals surface area contributed by atoms with Crippen LogP contribution in [0.3, 0.4) is 0 Å². The fourth-order valence-corrected chi connectivity index (χ4v) is 2.46. The maximum absolute atomic E-state index is 11.7. The Bertz CT molecular complexity index is 746. The van der Waals surface area contributed by atoms with Crippen molar-refractivity contribution >= 4 is 29.0 Å². The van der Waals surface area contributed by atoms with Crippen LogP contribution in [0.1, 0.15) is 10.4 Å². The van der Waals surface area contributed by atoms with Gasteiger partial charge in [0.25, 0.3) is 5.91 Å². The van der Waals surface area contributed by atoms with Crippen molar-refractivity contribution in [3.63, 3.8) is 0 Å². The van der Waals surface area contributed by atoms with Crippen LogP contribution < -0.4 is 15.4 Å². The fourth-order valence-electron chi connectivity index (χ4n) is 1.82. The SMILES string of the molecule is Cc1ccc([N+](=O)[O-])c(OCC(=O)NC(=O)NCc2cccs2)c1. The van der Waals surface area contributed by atoms with E-state index in [1.54, 1.807) is 13.0 Å². The number of amides is 3. The maximum Gasteiger partial charge on any atom is 0.321 e. The number of ether oxygens (including phenoxy) is 1. The molecule has 3 amide bonds. The van der Waals surface area contributed by atoms with Gasteiger partial charge in [0.2, 0.25) is 0 Å². The molecule has 0 saturated heterocycles. The minimum atomic E-state index is -0.700. The van der Waals surface area contributed by atoms with Crippen molar-refractivity contribution in [3.8, 4) is 5.75 Å². The van der Waals surface area contributed by atoms with Gasteiger partial charge < -0.3 is 10.1 Å². The summed E-state index contributed by atoms with van der Waals surface area (Å²) in [5.74, 6) is -0.719. The van der Waals surface area contributed by atoms with E-state index in [9.17, 15) is 19.7 Å². The van der Waals surface area contributed by atoms with Gasteiger partial charge in [-0.15, -0.1) is 11.3 Å². The minimum absolute atomic E-state index is 0.0193. The number of aryl methyl sites for hydroxylation is 1. The second kappa shape index (κ2) is 8.06. The quantitative estimate of drug-likeness (QED) is 0.614. The highest BCUT2D eigenvalue weighted by atomic mass is 32.1. The average molecular weight is 349 g/mol. The number of nitrogens with one attached hydrogen (secondary N) is 2. The molecular formula is C15H15N3O5S. The van der Waals surface area contributed by atoms with Crippen LogP contribution in [0, 0.1) is 17.0 Å². The molecule has 126 valence electrons. The molecule has 0 saturated carbocycles. The lowest BCUT2D eigenvalue weighted by molar-refractivity contribution is -0.385. The molecule has 0 radical (unpaired) electrons. The summed E-state index contributed by atoms with van der Waals surface area (Å²) < 4.78 is 5.16. The summed E-state index contributed by atoms with van der Waals surface area (Å²) in [7, 11) is 0. The zero-order valence-electron chi connectivity index (χ0n) is 12.8. The zero-order chi connectivity index (χ0) is 17.5. The Hall–Kier alpha value is -2.94. The molecule has 24 heavy (non-hydrogen) atoms. The Morgan fingerprint density at radius 3 is 2.79 bits per heavy atom. The third-order valence-corrected chi connectivity index (χ3v) is 3.80. The van der Waals surface area contributed by atoms with Crippen LogP contribution in [0.4, 0.5) is 10.5 Å². The Labute approximate surface area is 141 Å². The molecular weight excluding hydrogens is 334 g/mol. The average Bonchev–Trinajstić information content (AvgIpc) is 3.04. The summed E-state index contributed by atoms with van der Waals surface area (Å²) in [6.07, 6.45) is 0. The van der Waals surface area contributed by atoms with E-state index in [2.05, 4.69) is 10.6 Å². The van der Waals surface area contributed by atoms with Gasteiger partial charge in [0.05, 0.1) is 11.5 Å². The first-order valence-corrected chi connectivity index (χ1v) is 7.81. The van der Waals surface area contributed by atoms with E-state index in [1.807, 2.05) is 17.5 Å². The van der Waals surface area contributed by atoms with Gasteiger partial charge in [0.15, 0.2) is 12.4 Å². The van der Waals surface area contributed by atoms with E-state index in [4.69, 9.17) is 4.74 Å². The van der Waals surface area contributed by atoms with Crippen LogP contribution in [0.5, 0.6) is 5.75 Å². The molecule has 1 aromatic heterocycles. The number of rotatable bonds is 6. The number of urea groups is 1. The predicted octanol–water partition coefficient (Wildman–Crippen LogP) is 2.37. The van der Waals surface area contributed by atoms with E-state index < -0.39 is 23.5 Å². The molecule has 8 nitrogen and oxygen atoms in total. The van der Waals surface area contributed by atoms with Gasteiger partial charge >= 0.3 is 11.7 Å². The van der Waals surface area contributed by atoms with Crippen LogP contribution in [-0.4, -0.2) is 23.5 Å². The number of imide groups is 1. The summed E-state index contributed by atoms with van der Waals surface area (Å²) in [5, 5.41) is 17.4. The number of carbonyl (C=O) groups is 2. The molecule has 2 aromatic rings. The molecule has 0 spiro atoms. The normalized spacial score (nSPS) is 10.0. The van der Waals surface area contributed by atoms with E-state index in [0.717, 1.165) is 10.4 Å². The molecule has 0 aliphatic carbocycles. The third-order valence-electron chi connectivity index (χ3n) is 2.93. The fraction of sp³-hybridized carbons (Fsp3) is 0.200. The molecule has 2 N–H and O–H groups in total. The Morgan fingerprint density at radius 2 is 2.12 bits per heavy atom. The van der Waals surface area contributed by atoms with Crippen molar-refractivity contribution in [3.05, 3.63) is 56.3 Å².